The molecule has 1 aromatic carbocycles. The minimum Gasteiger partial charge on any atom is -0.353 e. The first-order valence-electron chi connectivity index (χ1n) is 10.1. The summed E-state index contributed by atoms with van der Waals surface area (Å²) < 4.78 is 17.2. The van der Waals surface area contributed by atoms with Gasteiger partial charge in [-0.15, -0.1) is 21.5 Å². The van der Waals surface area contributed by atoms with Crippen LogP contribution in [0.3, 0.4) is 0 Å². The molecule has 0 radical (unpaired) electrons. The Morgan fingerprint density at radius 2 is 1.97 bits per heavy atom. The van der Waals surface area contributed by atoms with Crippen molar-refractivity contribution in [3.63, 3.8) is 0 Å². The van der Waals surface area contributed by atoms with E-state index in [1.807, 2.05) is 15.8 Å². The van der Waals surface area contributed by atoms with E-state index in [-0.39, 0.29) is 35.6 Å². The zero-order chi connectivity index (χ0) is 21.4. The topological polar surface area (TPSA) is 81.3 Å². The second kappa shape index (κ2) is 8.43. The van der Waals surface area contributed by atoms with E-state index in [9.17, 15) is 14.0 Å². The second-order valence-corrected chi connectivity index (χ2v) is 9.47. The number of hydrogen-bond acceptors (Lipinski definition) is 6. The van der Waals surface area contributed by atoms with E-state index >= 15 is 0 Å². The van der Waals surface area contributed by atoms with Crippen LogP contribution in [0.1, 0.15) is 31.2 Å². The van der Waals surface area contributed by atoms with Gasteiger partial charge >= 0.3 is 0 Å². The molecule has 0 atom stereocenters. The molecule has 3 heterocycles. The Morgan fingerprint density at radius 3 is 2.74 bits per heavy atom. The van der Waals surface area contributed by atoms with Gasteiger partial charge in [-0.25, -0.2) is 4.39 Å². The molecule has 0 spiro atoms. The van der Waals surface area contributed by atoms with Gasteiger partial charge in [0.15, 0.2) is 5.16 Å². The third kappa shape index (κ3) is 3.97. The number of carbonyl (C=O) groups excluding carboxylic acids is 1. The van der Waals surface area contributed by atoms with E-state index in [1.54, 1.807) is 16.7 Å². The maximum Gasteiger partial charge on any atom is 0.273 e. The number of nitrogens with one attached hydrogen (secondary N) is 1. The number of rotatable bonds is 6. The molecule has 0 aliphatic heterocycles. The normalized spacial score (nSPS) is 14.6. The molecule has 3 aromatic heterocycles. The van der Waals surface area contributed by atoms with Gasteiger partial charge in [0, 0.05) is 6.04 Å². The predicted octanol–water partition coefficient (Wildman–Crippen LogP) is 3.44. The first kappa shape index (κ1) is 20.2. The fraction of sp³-hybridized carbons (Fsp3) is 0.333. The molecular formula is C21H20FN5O2S2. The van der Waals surface area contributed by atoms with E-state index in [4.69, 9.17) is 0 Å². The van der Waals surface area contributed by atoms with Crippen molar-refractivity contribution in [2.45, 2.75) is 43.4 Å². The summed E-state index contributed by atoms with van der Waals surface area (Å²) in [6.07, 6.45) is 4.40. The van der Waals surface area contributed by atoms with E-state index in [1.165, 1.54) is 35.2 Å². The zero-order valence-corrected chi connectivity index (χ0v) is 18.2. The maximum absolute atomic E-state index is 13.3. The van der Waals surface area contributed by atoms with Crippen LogP contribution in [-0.2, 0) is 11.3 Å². The Labute approximate surface area is 185 Å². The van der Waals surface area contributed by atoms with Gasteiger partial charge < -0.3 is 5.32 Å². The fourth-order valence-electron chi connectivity index (χ4n) is 3.98. The van der Waals surface area contributed by atoms with Crippen molar-refractivity contribution in [2.75, 3.05) is 5.75 Å². The average Bonchev–Trinajstić information content (AvgIpc) is 3.51. The Kier molecular flexibility index (Phi) is 5.49. The quantitative estimate of drug-likeness (QED) is 0.449. The lowest BCUT2D eigenvalue weighted by Gasteiger charge is -2.11. The Morgan fingerprint density at radius 1 is 1.19 bits per heavy atom. The van der Waals surface area contributed by atoms with Crippen LogP contribution in [0.2, 0.25) is 0 Å². The number of amides is 1. The van der Waals surface area contributed by atoms with E-state index < -0.39 is 0 Å². The van der Waals surface area contributed by atoms with Gasteiger partial charge in [-0.3, -0.25) is 18.6 Å². The van der Waals surface area contributed by atoms with Crippen molar-refractivity contribution in [3.8, 4) is 0 Å². The van der Waals surface area contributed by atoms with Crippen molar-refractivity contribution in [3.05, 3.63) is 57.4 Å². The Bertz CT molecular complexity index is 1310. The highest BCUT2D eigenvalue weighted by Gasteiger charge is 2.20. The number of aromatic nitrogens is 4. The lowest BCUT2D eigenvalue weighted by atomic mass is 10.2. The Hall–Kier alpha value is -2.72. The maximum atomic E-state index is 13.3. The van der Waals surface area contributed by atoms with Gasteiger partial charge in [-0.05, 0) is 42.0 Å². The lowest BCUT2D eigenvalue weighted by Crippen LogP contribution is -2.33. The molecule has 10 heteroatoms. The highest BCUT2D eigenvalue weighted by Crippen LogP contribution is 2.25. The monoisotopic (exact) mass is 457 g/mol. The fourth-order valence-corrected chi connectivity index (χ4v) is 5.55. The number of fused-ring (bicyclic) bond motifs is 3. The molecule has 0 bridgehead atoms. The number of carbonyl (C=O) groups is 1. The van der Waals surface area contributed by atoms with Crippen LogP contribution in [0.5, 0.6) is 0 Å². The summed E-state index contributed by atoms with van der Waals surface area (Å²) in [4.78, 5) is 25.5. The van der Waals surface area contributed by atoms with Gasteiger partial charge in [0.1, 0.15) is 10.5 Å². The lowest BCUT2D eigenvalue weighted by molar-refractivity contribution is -0.119. The average molecular weight is 458 g/mol. The summed E-state index contributed by atoms with van der Waals surface area (Å²) in [7, 11) is 0. The summed E-state index contributed by atoms with van der Waals surface area (Å²) in [6.45, 7) is 0.251. The van der Waals surface area contributed by atoms with Crippen molar-refractivity contribution < 1.29 is 9.18 Å². The Balaban J connectivity index is 1.48. The van der Waals surface area contributed by atoms with Crippen LogP contribution in [0.4, 0.5) is 4.39 Å². The standard InChI is InChI=1S/C21H20FN5O2S2/c22-14-7-5-13(6-8-14)11-26-19(29)18-16(9-10-30-18)27-20(26)24-25-21(27)31-12-17(28)23-15-3-1-2-4-15/h5-10,15H,1-4,11-12H2,(H,23,28). The molecule has 4 aromatic rings. The summed E-state index contributed by atoms with van der Waals surface area (Å²) >= 11 is 2.66. The zero-order valence-electron chi connectivity index (χ0n) is 16.6. The first-order valence-corrected chi connectivity index (χ1v) is 12.0. The highest BCUT2D eigenvalue weighted by atomic mass is 32.2. The van der Waals surface area contributed by atoms with Crippen LogP contribution in [0, 0.1) is 5.82 Å². The molecule has 5 rings (SSSR count). The van der Waals surface area contributed by atoms with Crippen molar-refractivity contribution in [1.29, 1.82) is 0 Å². The van der Waals surface area contributed by atoms with Crippen LogP contribution < -0.4 is 10.9 Å². The number of thiophene rings is 1. The summed E-state index contributed by atoms with van der Waals surface area (Å²) in [5, 5.41) is 14.0. The van der Waals surface area contributed by atoms with E-state index in [2.05, 4.69) is 15.5 Å². The van der Waals surface area contributed by atoms with Crippen molar-refractivity contribution in [2.24, 2.45) is 0 Å². The largest absolute Gasteiger partial charge is 0.353 e. The van der Waals surface area contributed by atoms with Crippen LogP contribution in [0.15, 0.2) is 45.7 Å². The molecule has 1 fully saturated rings. The number of nitrogens with zero attached hydrogens (tertiary/aromatic N) is 4. The molecular weight excluding hydrogens is 437 g/mol. The van der Waals surface area contributed by atoms with Crippen molar-refractivity contribution in [1.82, 2.24) is 24.5 Å². The SMILES string of the molecule is O=C(CSc1nnc2n(Cc3ccc(F)cc3)c(=O)c3sccc3n12)NC1CCCC1. The molecule has 1 saturated carbocycles. The molecule has 0 unspecified atom stereocenters. The molecule has 1 amide bonds. The number of thioether (sulfide) groups is 1. The van der Waals surface area contributed by atoms with Crippen LogP contribution >= 0.6 is 23.1 Å². The van der Waals surface area contributed by atoms with Crippen LogP contribution in [-0.4, -0.2) is 36.9 Å². The van der Waals surface area contributed by atoms with Gasteiger partial charge in [-0.2, -0.15) is 0 Å². The molecule has 1 aliphatic carbocycles. The van der Waals surface area contributed by atoms with Crippen LogP contribution in [0.25, 0.3) is 16.0 Å². The molecule has 1 N–H and O–H groups in total. The highest BCUT2D eigenvalue weighted by molar-refractivity contribution is 7.99. The summed E-state index contributed by atoms with van der Waals surface area (Å²) in [5.74, 6) is 0.292. The smallest absolute Gasteiger partial charge is 0.273 e. The minimum atomic E-state index is -0.327. The van der Waals surface area contributed by atoms with Gasteiger partial charge in [0.25, 0.3) is 5.56 Å². The summed E-state index contributed by atoms with van der Waals surface area (Å²) in [5.41, 5.74) is 1.35. The number of halogens is 1. The van der Waals surface area contributed by atoms with Gasteiger partial charge in [0.2, 0.25) is 11.7 Å². The van der Waals surface area contributed by atoms with Gasteiger partial charge in [-0.1, -0.05) is 36.7 Å². The first-order chi connectivity index (χ1) is 15.1. The number of hydrogen-bond donors (Lipinski definition) is 1. The third-order valence-corrected chi connectivity index (χ3v) is 7.31. The third-order valence-electron chi connectivity index (χ3n) is 5.49. The number of benzene rings is 1. The second-order valence-electron chi connectivity index (χ2n) is 7.61. The summed E-state index contributed by atoms with van der Waals surface area (Å²) in [6, 6.07) is 8.17. The van der Waals surface area contributed by atoms with E-state index in [0.29, 0.717) is 15.6 Å². The molecule has 31 heavy (non-hydrogen) atoms. The minimum absolute atomic E-state index is 0.0187. The van der Waals surface area contributed by atoms with Crippen molar-refractivity contribution >= 4 is 45.0 Å². The van der Waals surface area contributed by atoms with E-state index in [0.717, 1.165) is 36.8 Å². The predicted molar refractivity (Wildman–Crippen MR) is 119 cm³/mol. The molecule has 7 nitrogen and oxygen atoms in total. The van der Waals surface area contributed by atoms with Gasteiger partial charge in [0.05, 0.1) is 17.8 Å². The molecule has 160 valence electrons. The molecule has 0 saturated heterocycles. The molecule has 1 aliphatic rings.